The van der Waals surface area contributed by atoms with Crippen LogP contribution >= 0.6 is 0 Å². The lowest BCUT2D eigenvalue weighted by molar-refractivity contribution is 0.305. The van der Waals surface area contributed by atoms with Crippen molar-refractivity contribution in [2.75, 3.05) is 0 Å². The second-order valence-electron chi connectivity index (χ2n) is 12.1. The molecule has 0 aliphatic rings. The van der Waals surface area contributed by atoms with E-state index in [4.69, 9.17) is 9.47 Å². The van der Waals surface area contributed by atoms with Crippen LogP contribution in [0.4, 0.5) is 0 Å². The van der Waals surface area contributed by atoms with Crippen molar-refractivity contribution >= 4 is 77.5 Å². The van der Waals surface area contributed by atoms with E-state index in [0.29, 0.717) is 13.2 Å². The molecule has 5 aromatic rings. The van der Waals surface area contributed by atoms with E-state index in [2.05, 4.69) is 137 Å². The maximum Gasteiger partial charge on any atom is 0.119 e. The Hall–Kier alpha value is -2.91. The van der Waals surface area contributed by atoms with Gasteiger partial charge in [0, 0.05) is 0 Å². The average molecular weight is 619 g/mol. The van der Waals surface area contributed by atoms with Crippen molar-refractivity contribution in [1.29, 1.82) is 0 Å². The van der Waals surface area contributed by atoms with Gasteiger partial charge >= 0.3 is 0 Å². The molecule has 0 fully saturated rings. The zero-order valence-corrected chi connectivity index (χ0v) is 30.3. The Balaban J connectivity index is 1.28. The van der Waals surface area contributed by atoms with E-state index in [1.54, 1.807) is 0 Å². The molecule has 6 heteroatoms. The standard InChI is InChI=1S/C36H42O2Si4/c1-39(2)29-15-17-31-27(21-29)13-19-33(35(31)41(5)6)37-23-25-9-11-26(12-10-25)24-38-34-20-14-28-22-30(40(3)4)16-18-32(28)36(34)42(7)8/h9-22H,23-24H2,1-8H3. The van der Waals surface area contributed by atoms with Gasteiger partial charge in [0.15, 0.2) is 0 Å². The number of benzene rings is 5. The van der Waals surface area contributed by atoms with Gasteiger partial charge in [0.1, 0.15) is 24.7 Å². The summed E-state index contributed by atoms with van der Waals surface area (Å²) < 4.78 is 12.9. The number of rotatable bonds is 10. The van der Waals surface area contributed by atoms with Gasteiger partial charge in [0.25, 0.3) is 0 Å². The van der Waals surface area contributed by atoms with Gasteiger partial charge < -0.3 is 9.47 Å². The summed E-state index contributed by atoms with van der Waals surface area (Å²) in [6.45, 7) is 20.0. The van der Waals surface area contributed by atoms with E-state index in [9.17, 15) is 0 Å². The number of hydrogen-bond donors (Lipinski definition) is 0. The highest BCUT2D eigenvalue weighted by Gasteiger charge is 2.16. The molecule has 0 atom stereocenters. The molecule has 5 aromatic carbocycles. The Labute approximate surface area is 259 Å². The molecule has 0 aliphatic heterocycles. The monoisotopic (exact) mass is 618 g/mol. The van der Waals surface area contributed by atoms with Crippen LogP contribution in [0.25, 0.3) is 21.5 Å². The van der Waals surface area contributed by atoms with E-state index < -0.39 is 35.2 Å². The Morgan fingerprint density at radius 1 is 0.429 bits per heavy atom. The molecule has 0 aromatic heterocycles. The molecule has 0 aliphatic carbocycles. The first-order valence-electron chi connectivity index (χ1n) is 14.8. The highest BCUT2D eigenvalue weighted by atomic mass is 28.3. The average Bonchev–Trinajstić information content (AvgIpc) is 2.97. The van der Waals surface area contributed by atoms with E-state index in [1.807, 2.05) is 0 Å². The van der Waals surface area contributed by atoms with E-state index in [1.165, 1.54) is 53.4 Å². The van der Waals surface area contributed by atoms with Gasteiger partial charge in [-0.05, 0) is 55.2 Å². The van der Waals surface area contributed by atoms with Crippen molar-refractivity contribution in [2.45, 2.75) is 65.6 Å². The van der Waals surface area contributed by atoms with Gasteiger partial charge in [-0.2, -0.15) is 0 Å². The molecule has 0 unspecified atom stereocenters. The van der Waals surface area contributed by atoms with Crippen LogP contribution in [0.3, 0.4) is 0 Å². The highest BCUT2D eigenvalue weighted by Crippen LogP contribution is 2.23. The third kappa shape index (κ3) is 6.67. The molecule has 0 heterocycles. The Morgan fingerprint density at radius 2 is 0.810 bits per heavy atom. The predicted molar refractivity (Wildman–Crippen MR) is 191 cm³/mol. The zero-order chi connectivity index (χ0) is 30.0. The first-order chi connectivity index (χ1) is 20.1. The van der Waals surface area contributed by atoms with E-state index in [0.717, 1.165) is 11.5 Å². The summed E-state index contributed by atoms with van der Waals surface area (Å²) in [5.41, 5.74) is 2.35. The van der Waals surface area contributed by atoms with Crippen molar-refractivity contribution in [3.63, 3.8) is 0 Å². The van der Waals surface area contributed by atoms with Crippen LogP contribution in [0, 0.1) is 0 Å². The molecule has 0 N–H and O–H groups in total. The second-order valence-corrected chi connectivity index (χ2v) is 22.3. The largest absolute Gasteiger partial charge is 0.489 e. The topological polar surface area (TPSA) is 18.5 Å². The lowest BCUT2D eigenvalue weighted by Gasteiger charge is -2.18. The van der Waals surface area contributed by atoms with Gasteiger partial charge in [-0.15, -0.1) is 0 Å². The quantitative estimate of drug-likeness (QED) is 0.157. The normalized spacial score (nSPS) is 11.9. The fourth-order valence-corrected chi connectivity index (χ4v) is 10.1. The lowest BCUT2D eigenvalue weighted by atomic mass is 10.1. The van der Waals surface area contributed by atoms with Crippen molar-refractivity contribution in [3.8, 4) is 11.5 Å². The van der Waals surface area contributed by atoms with Crippen molar-refractivity contribution in [1.82, 2.24) is 0 Å². The van der Waals surface area contributed by atoms with Crippen molar-refractivity contribution < 1.29 is 9.47 Å². The summed E-state index contributed by atoms with van der Waals surface area (Å²) >= 11 is 0. The molecule has 0 amide bonds. The summed E-state index contributed by atoms with van der Waals surface area (Å²) in [6.07, 6.45) is 0. The molecule has 0 bridgehead atoms. The molecule has 0 saturated heterocycles. The number of fused-ring (bicyclic) bond motifs is 2. The molecule has 42 heavy (non-hydrogen) atoms. The van der Waals surface area contributed by atoms with Gasteiger partial charge in [-0.25, -0.2) is 0 Å². The van der Waals surface area contributed by atoms with Crippen LogP contribution in [-0.2, 0) is 13.2 Å². The predicted octanol–water partition coefficient (Wildman–Crippen LogP) is 7.00. The third-order valence-corrected chi connectivity index (χ3v) is 13.9. The molecule has 0 spiro atoms. The number of ether oxygens (including phenoxy) is 2. The maximum atomic E-state index is 6.45. The van der Waals surface area contributed by atoms with Gasteiger partial charge in [-0.1, -0.05) is 136 Å². The summed E-state index contributed by atoms with van der Waals surface area (Å²) in [7, 11) is -2.33. The van der Waals surface area contributed by atoms with Crippen LogP contribution < -0.4 is 30.2 Å². The van der Waals surface area contributed by atoms with Gasteiger partial charge in [0.05, 0.1) is 35.2 Å². The van der Waals surface area contributed by atoms with Crippen LogP contribution in [-0.4, -0.2) is 35.2 Å². The molecule has 2 nitrogen and oxygen atoms in total. The lowest BCUT2D eigenvalue weighted by Crippen LogP contribution is -2.27. The zero-order valence-electron chi connectivity index (χ0n) is 26.3. The summed E-state index contributed by atoms with van der Waals surface area (Å²) in [5, 5.41) is 11.2. The minimum atomic E-state index is -0.702. The summed E-state index contributed by atoms with van der Waals surface area (Å²) in [4.78, 5) is 0. The molecule has 5 rings (SSSR count). The van der Waals surface area contributed by atoms with E-state index in [-0.39, 0.29) is 0 Å². The first kappa shape index (κ1) is 30.5. The number of hydrogen-bond acceptors (Lipinski definition) is 2. The molecule has 0 saturated carbocycles. The molecular formula is C36H42O2Si4. The third-order valence-electron chi connectivity index (χ3n) is 7.93. The first-order valence-corrected chi connectivity index (χ1v) is 24.8. The van der Waals surface area contributed by atoms with Crippen molar-refractivity contribution in [2.24, 2.45) is 0 Å². The molecule has 214 valence electrons. The maximum absolute atomic E-state index is 6.45. The Morgan fingerprint density at radius 3 is 1.14 bits per heavy atom. The van der Waals surface area contributed by atoms with Crippen LogP contribution in [0.1, 0.15) is 11.1 Å². The smallest absolute Gasteiger partial charge is 0.119 e. The minimum absolute atomic E-state index is 0.463. The summed E-state index contributed by atoms with van der Waals surface area (Å²) in [5.74, 6) is 2.06. The van der Waals surface area contributed by atoms with Crippen molar-refractivity contribution in [3.05, 3.63) is 96.1 Å². The Kier molecular flexibility index (Phi) is 9.57. The van der Waals surface area contributed by atoms with Gasteiger partial charge in [0.2, 0.25) is 0 Å². The molecular weight excluding hydrogens is 577 g/mol. The fourth-order valence-electron chi connectivity index (χ4n) is 5.57. The second kappa shape index (κ2) is 13.2. The molecule has 4 radical (unpaired) electrons. The van der Waals surface area contributed by atoms with Crippen LogP contribution in [0.2, 0.25) is 52.4 Å². The summed E-state index contributed by atoms with van der Waals surface area (Å²) in [6, 6.07) is 31.6. The van der Waals surface area contributed by atoms with E-state index >= 15 is 0 Å². The Bertz CT molecular complexity index is 1570. The van der Waals surface area contributed by atoms with Crippen LogP contribution in [0.5, 0.6) is 11.5 Å². The SMILES string of the molecule is C[Si](C)c1ccc2c([Si](C)C)c(OCc3ccc(COc4ccc5cc([Si](C)C)ccc5c4[Si](C)C)cc3)ccc2c1. The minimum Gasteiger partial charge on any atom is -0.489 e. The van der Waals surface area contributed by atoms with Crippen LogP contribution in [0.15, 0.2) is 84.9 Å². The van der Waals surface area contributed by atoms with Gasteiger partial charge in [-0.3, -0.25) is 0 Å². The fraction of sp³-hybridized carbons (Fsp3) is 0.278. The highest BCUT2D eigenvalue weighted by molar-refractivity contribution is 6.75.